The van der Waals surface area contributed by atoms with Crippen LogP contribution in [0.15, 0.2) is 6.07 Å². The van der Waals surface area contributed by atoms with Crippen LogP contribution in [0.1, 0.15) is 12.1 Å². The summed E-state index contributed by atoms with van der Waals surface area (Å²) >= 11 is 0. The molecule has 6 nitrogen and oxygen atoms in total. The number of aromatic nitrogens is 2. The van der Waals surface area contributed by atoms with Gasteiger partial charge in [0.05, 0.1) is 5.69 Å². The molecule has 0 radical (unpaired) electrons. The summed E-state index contributed by atoms with van der Waals surface area (Å²) in [6, 6.07) is 1.50. The van der Waals surface area contributed by atoms with E-state index in [0.717, 1.165) is 5.69 Å². The van der Waals surface area contributed by atoms with Gasteiger partial charge in [0.2, 0.25) is 0 Å². The third-order valence-electron chi connectivity index (χ3n) is 1.86. The fourth-order valence-electron chi connectivity index (χ4n) is 1.17. The maximum Gasteiger partial charge on any atom is 0.320 e. The summed E-state index contributed by atoms with van der Waals surface area (Å²) in [6.07, 6.45) is 0.553. The maximum absolute atomic E-state index is 11.3. The van der Waals surface area contributed by atoms with Crippen molar-refractivity contribution in [2.24, 2.45) is 7.05 Å². The number of amides is 2. The monoisotopic (exact) mass is 212 g/mol. The van der Waals surface area contributed by atoms with E-state index < -0.39 is 0 Å². The van der Waals surface area contributed by atoms with Gasteiger partial charge in [0, 0.05) is 26.3 Å². The number of nitrogens with zero attached hydrogens (tertiary/aromatic N) is 2. The van der Waals surface area contributed by atoms with Crippen LogP contribution in [-0.2, 0) is 7.05 Å². The lowest BCUT2D eigenvalue weighted by Gasteiger charge is -2.06. The van der Waals surface area contributed by atoms with E-state index >= 15 is 0 Å². The van der Waals surface area contributed by atoms with Crippen molar-refractivity contribution in [3.63, 3.8) is 0 Å². The summed E-state index contributed by atoms with van der Waals surface area (Å²) < 4.78 is 1.60. The van der Waals surface area contributed by atoms with Gasteiger partial charge in [-0.2, -0.15) is 5.10 Å². The number of anilines is 1. The van der Waals surface area contributed by atoms with E-state index in [1.165, 1.54) is 0 Å². The molecule has 0 bridgehead atoms. The average Bonchev–Trinajstić information content (AvgIpc) is 2.45. The van der Waals surface area contributed by atoms with Gasteiger partial charge in [-0.05, 0) is 13.3 Å². The van der Waals surface area contributed by atoms with Gasteiger partial charge in [-0.3, -0.25) is 10.00 Å². The van der Waals surface area contributed by atoms with E-state index in [4.69, 9.17) is 5.11 Å². The van der Waals surface area contributed by atoms with Crippen LogP contribution in [0.5, 0.6) is 0 Å². The molecular formula is C9H16N4O2. The molecule has 2 amide bonds. The Hall–Kier alpha value is -1.56. The largest absolute Gasteiger partial charge is 0.396 e. The highest BCUT2D eigenvalue weighted by molar-refractivity contribution is 5.88. The standard InChI is InChI=1S/C9H16N4O2/c1-7-6-8(13(2)12-7)11-9(15)10-4-3-5-14/h6,14H,3-5H2,1-2H3,(H2,10,11,15). The summed E-state index contributed by atoms with van der Waals surface area (Å²) in [5.74, 6) is 0.647. The van der Waals surface area contributed by atoms with Crippen LogP contribution >= 0.6 is 0 Å². The van der Waals surface area contributed by atoms with Crippen molar-refractivity contribution >= 4 is 11.8 Å². The van der Waals surface area contributed by atoms with Crippen LogP contribution < -0.4 is 10.6 Å². The number of aliphatic hydroxyl groups excluding tert-OH is 1. The molecule has 84 valence electrons. The van der Waals surface area contributed by atoms with Crippen molar-refractivity contribution in [1.82, 2.24) is 15.1 Å². The third kappa shape index (κ3) is 3.59. The second-order valence-corrected chi connectivity index (χ2v) is 3.25. The summed E-state index contributed by atoms with van der Waals surface area (Å²) in [4.78, 5) is 11.3. The van der Waals surface area contributed by atoms with Crippen LogP contribution in [-0.4, -0.2) is 34.1 Å². The number of rotatable bonds is 4. The quantitative estimate of drug-likeness (QED) is 0.625. The van der Waals surface area contributed by atoms with Gasteiger partial charge >= 0.3 is 6.03 Å². The molecule has 1 aromatic heterocycles. The van der Waals surface area contributed by atoms with Crippen molar-refractivity contribution in [2.75, 3.05) is 18.5 Å². The summed E-state index contributed by atoms with van der Waals surface area (Å²) in [7, 11) is 1.76. The molecule has 1 rings (SSSR count). The minimum Gasteiger partial charge on any atom is -0.396 e. The van der Waals surface area contributed by atoms with E-state index in [0.29, 0.717) is 18.8 Å². The van der Waals surface area contributed by atoms with Crippen LogP contribution in [0.25, 0.3) is 0 Å². The Morgan fingerprint density at radius 1 is 1.67 bits per heavy atom. The fraction of sp³-hybridized carbons (Fsp3) is 0.556. The smallest absolute Gasteiger partial charge is 0.320 e. The van der Waals surface area contributed by atoms with Crippen LogP contribution in [0.2, 0.25) is 0 Å². The van der Waals surface area contributed by atoms with Crippen LogP contribution in [0, 0.1) is 6.92 Å². The van der Waals surface area contributed by atoms with Crippen molar-refractivity contribution in [2.45, 2.75) is 13.3 Å². The molecule has 0 spiro atoms. The Balaban J connectivity index is 2.41. The molecule has 6 heteroatoms. The van der Waals surface area contributed by atoms with Gasteiger partial charge in [-0.25, -0.2) is 4.79 Å². The molecule has 0 saturated carbocycles. The first kappa shape index (κ1) is 11.5. The van der Waals surface area contributed by atoms with E-state index in [9.17, 15) is 4.79 Å². The number of urea groups is 1. The zero-order valence-electron chi connectivity index (χ0n) is 8.95. The predicted octanol–water partition coefficient (Wildman–Crippen LogP) is 0.232. The zero-order valence-corrected chi connectivity index (χ0v) is 8.95. The molecule has 1 aromatic rings. The summed E-state index contributed by atoms with van der Waals surface area (Å²) in [5, 5.41) is 17.9. The Morgan fingerprint density at radius 2 is 2.40 bits per heavy atom. The van der Waals surface area contributed by atoms with Gasteiger partial charge in [-0.15, -0.1) is 0 Å². The maximum atomic E-state index is 11.3. The van der Waals surface area contributed by atoms with E-state index in [2.05, 4.69) is 15.7 Å². The topological polar surface area (TPSA) is 79.2 Å². The van der Waals surface area contributed by atoms with Gasteiger partial charge in [0.15, 0.2) is 0 Å². The number of carbonyl (C=O) groups excluding carboxylic acids is 1. The van der Waals surface area contributed by atoms with Crippen molar-refractivity contribution in [3.05, 3.63) is 11.8 Å². The number of aliphatic hydroxyl groups is 1. The number of hydrogen-bond donors (Lipinski definition) is 3. The Labute approximate surface area is 88.3 Å². The zero-order chi connectivity index (χ0) is 11.3. The average molecular weight is 212 g/mol. The van der Waals surface area contributed by atoms with Crippen LogP contribution in [0.4, 0.5) is 10.6 Å². The number of hydrogen-bond acceptors (Lipinski definition) is 3. The van der Waals surface area contributed by atoms with Crippen molar-refractivity contribution < 1.29 is 9.90 Å². The minimum absolute atomic E-state index is 0.0745. The molecule has 0 aromatic carbocycles. The predicted molar refractivity (Wildman–Crippen MR) is 56.7 cm³/mol. The number of carbonyl (C=O) groups is 1. The molecule has 0 unspecified atom stereocenters. The molecule has 0 aliphatic carbocycles. The molecule has 0 fully saturated rings. The first-order chi connectivity index (χ1) is 7.13. The SMILES string of the molecule is Cc1cc(NC(=O)NCCCO)n(C)n1. The van der Waals surface area contributed by atoms with Gasteiger partial charge in [0.25, 0.3) is 0 Å². The highest BCUT2D eigenvalue weighted by atomic mass is 16.3. The fourth-order valence-corrected chi connectivity index (χ4v) is 1.17. The Morgan fingerprint density at radius 3 is 2.93 bits per heavy atom. The molecule has 1 heterocycles. The van der Waals surface area contributed by atoms with Gasteiger partial charge in [-0.1, -0.05) is 0 Å². The summed E-state index contributed by atoms with van der Waals surface area (Å²) in [6.45, 7) is 2.39. The molecule has 0 aliphatic rings. The van der Waals surface area contributed by atoms with Crippen molar-refractivity contribution in [1.29, 1.82) is 0 Å². The lowest BCUT2D eigenvalue weighted by molar-refractivity contribution is 0.248. The van der Waals surface area contributed by atoms with Crippen LogP contribution in [0.3, 0.4) is 0 Å². The van der Waals surface area contributed by atoms with E-state index in [1.807, 2.05) is 6.92 Å². The van der Waals surface area contributed by atoms with E-state index in [1.54, 1.807) is 17.8 Å². The first-order valence-corrected chi connectivity index (χ1v) is 4.80. The van der Waals surface area contributed by atoms with Gasteiger partial charge < -0.3 is 10.4 Å². The molecule has 0 atom stereocenters. The molecule has 0 saturated heterocycles. The molecular weight excluding hydrogens is 196 g/mol. The second-order valence-electron chi connectivity index (χ2n) is 3.25. The second kappa shape index (κ2) is 5.35. The number of nitrogens with one attached hydrogen (secondary N) is 2. The lowest BCUT2D eigenvalue weighted by Crippen LogP contribution is -2.30. The molecule has 3 N–H and O–H groups in total. The highest BCUT2D eigenvalue weighted by Crippen LogP contribution is 2.07. The van der Waals surface area contributed by atoms with Gasteiger partial charge in [0.1, 0.15) is 5.82 Å². The highest BCUT2D eigenvalue weighted by Gasteiger charge is 2.05. The summed E-state index contributed by atoms with van der Waals surface area (Å²) in [5.41, 5.74) is 0.850. The minimum atomic E-state index is -0.286. The van der Waals surface area contributed by atoms with E-state index in [-0.39, 0.29) is 12.6 Å². The molecule has 0 aliphatic heterocycles. The molecule has 15 heavy (non-hydrogen) atoms. The van der Waals surface area contributed by atoms with Crippen molar-refractivity contribution in [3.8, 4) is 0 Å². The Bertz CT molecular complexity index is 335. The first-order valence-electron chi connectivity index (χ1n) is 4.80. The Kier molecular flexibility index (Phi) is 4.11. The lowest BCUT2D eigenvalue weighted by atomic mass is 10.4. The number of aryl methyl sites for hydroxylation is 2. The normalized spacial score (nSPS) is 10.1. The third-order valence-corrected chi connectivity index (χ3v) is 1.86.